The van der Waals surface area contributed by atoms with Crippen LogP contribution in [0.4, 0.5) is 5.69 Å². The SMILES string of the molecule is COc1cc(/C=C(/C#N)c2cccc([N+](=O)[O-])c2)cc(Br)c1OCc1ccccc1C#N. The number of ether oxygens (including phenoxy) is 2. The second-order valence-electron chi connectivity index (χ2n) is 6.57. The Morgan fingerprint density at radius 3 is 2.62 bits per heavy atom. The van der Waals surface area contributed by atoms with E-state index < -0.39 is 4.92 Å². The van der Waals surface area contributed by atoms with Crippen molar-refractivity contribution in [3.8, 4) is 23.6 Å². The van der Waals surface area contributed by atoms with E-state index in [9.17, 15) is 20.6 Å². The van der Waals surface area contributed by atoms with E-state index in [2.05, 4.69) is 28.1 Å². The Bertz CT molecular complexity index is 1290. The van der Waals surface area contributed by atoms with Gasteiger partial charge in [-0.05, 0) is 51.3 Å². The van der Waals surface area contributed by atoms with Crippen LogP contribution >= 0.6 is 15.9 Å². The zero-order chi connectivity index (χ0) is 23.1. The number of hydrogen-bond acceptors (Lipinski definition) is 6. The van der Waals surface area contributed by atoms with E-state index in [-0.39, 0.29) is 17.9 Å². The van der Waals surface area contributed by atoms with Crippen LogP contribution in [0.3, 0.4) is 0 Å². The number of nitrogens with zero attached hydrogens (tertiary/aromatic N) is 3. The van der Waals surface area contributed by atoms with Gasteiger partial charge in [0.05, 0.1) is 39.8 Å². The fraction of sp³-hybridized carbons (Fsp3) is 0.0833. The summed E-state index contributed by atoms with van der Waals surface area (Å²) in [5, 5.41) is 29.9. The first-order chi connectivity index (χ1) is 15.5. The van der Waals surface area contributed by atoms with Crippen molar-refractivity contribution in [2.45, 2.75) is 6.61 Å². The van der Waals surface area contributed by atoms with Crippen LogP contribution in [0, 0.1) is 32.8 Å². The summed E-state index contributed by atoms with van der Waals surface area (Å²) in [5.74, 6) is 0.877. The van der Waals surface area contributed by atoms with Gasteiger partial charge in [0.15, 0.2) is 11.5 Å². The molecule has 0 aromatic heterocycles. The highest BCUT2D eigenvalue weighted by atomic mass is 79.9. The minimum Gasteiger partial charge on any atom is -0.493 e. The van der Waals surface area contributed by atoms with Crippen molar-refractivity contribution in [3.63, 3.8) is 0 Å². The zero-order valence-corrected chi connectivity index (χ0v) is 18.5. The van der Waals surface area contributed by atoms with Crippen molar-refractivity contribution in [2.24, 2.45) is 0 Å². The quantitative estimate of drug-likeness (QED) is 0.177. The molecule has 32 heavy (non-hydrogen) atoms. The Morgan fingerprint density at radius 1 is 1.16 bits per heavy atom. The van der Waals surface area contributed by atoms with Crippen molar-refractivity contribution >= 4 is 33.3 Å². The summed E-state index contributed by atoms with van der Waals surface area (Å²) in [6.07, 6.45) is 1.61. The molecule has 3 aromatic carbocycles. The van der Waals surface area contributed by atoms with Gasteiger partial charge in [-0.2, -0.15) is 10.5 Å². The largest absolute Gasteiger partial charge is 0.493 e. The van der Waals surface area contributed by atoms with Crippen molar-refractivity contribution in [2.75, 3.05) is 7.11 Å². The Kier molecular flexibility index (Phi) is 7.22. The molecule has 0 fully saturated rings. The lowest BCUT2D eigenvalue weighted by Gasteiger charge is -2.14. The van der Waals surface area contributed by atoms with Gasteiger partial charge >= 0.3 is 0 Å². The summed E-state index contributed by atoms with van der Waals surface area (Å²) in [6, 6.07) is 20.7. The van der Waals surface area contributed by atoms with E-state index in [1.165, 1.54) is 25.3 Å². The number of hydrogen-bond donors (Lipinski definition) is 0. The molecule has 0 aliphatic carbocycles. The van der Waals surface area contributed by atoms with Crippen molar-refractivity contribution in [1.82, 2.24) is 0 Å². The highest BCUT2D eigenvalue weighted by Gasteiger charge is 2.14. The van der Waals surface area contributed by atoms with Gasteiger partial charge in [0.1, 0.15) is 6.61 Å². The summed E-state index contributed by atoms with van der Waals surface area (Å²) < 4.78 is 12.0. The molecular formula is C24H16BrN3O4. The van der Waals surface area contributed by atoms with E-state index in [1.54, 1.807) is 36.4 Å². The molecule has 0 N–H and O–H groups in total. The van der Waals surface area contributed by atoms with Crippen LogP contribution in [0.1, 0.15) is 22.3 Å². The van der Waals surface area contributed by atoms with Gasteiger partial charge in [-0.25, -0.2) is 0 Å². The molecule has 0 unspecified atom stereocenters. The molecule has 0 amide bonds. The number of non-ortho nitro benzene ring substituents is 1. The molecule has 0 atom stereocenters. The standard InChI is InChI=1S/C24H16BrN3O4/c1-31-23-11-16(9-20(14-27)17-7-4-8-21(12-17)28(29)30)10-22(25)24(23)32-15-19-6-3-2-5-18(19)13-26/h2-12H,15H2,1H3/b20-9-. The first-order valence-electron chi connectivity index (χ1n) is 9.31. The van der Waals surface area contributed by atoms with Crippen LogP contribution in [0.15, 0.2) is 65.1 Å². The second kappa shape index (κ2) is 10.3. The summed E-state index contributed by atoms with van der Waals surface area (Å²) in [4.78, 5) is 10.5. The van der Waals surface area contributed by atoms with Gasteiger partial charge < -0.3 is 9.47 Å². The third-order valence-corrected chi connectivity index (χ3v) is 5.15. The molecule has 0 saturated heterocycles. The highest BCUT2D eigenvalue weighted by molar-refractivity contribution is 9.10. The number of nitro benzene ring substituents is 1. The zero-order valence-electron chi connectivity index (χ0n) is 16.9. The maximum absolute atomic E-state index is 11.0. The third-order valence-electron chi connectivity index (χ3n) is 4.56. The molecule has 0 spiro atoms. The number of nitro groups is 1. The molecule has 0 bridgehead atoms. The van der Waals surface area contributed by atoms with Crippen LogP contribution in [0.2, 0.25) is 0 Å². The molecule has 7 nitrogen and oxygen atoms in total. The predicted molar refractivity (Wildman–Crippen MR) is 123 cm³/mol. The summed E-state index contributed by atoms with van der Waals surface area (Å²) >= 11 is 3.48. The minimum absolute atomic E-state index is 0.0937. The summed E-state index contributed by atoms with van der Waals surface area (Å²) in [7, 11) is 1.50. The van der Waals surface area contributed by atoms with Crippen LogP contribution < -0.4 is 9.47 Å². The van der Waals surface area contributed by atoms with Crippen molar-refractivity contribution in [3.05, 3.63) is 97.5 Å². The molecular weight excluding hydrogens is 474 g/mol. The monoisotopic (exact) mass is 489 g/mol. The van der Waals surface area contributed by atoms with E-state index in [0.29, 0.717) is 32.7 Å². The molecule has 0 aliphatic rings. The molecule has 0 heterocycles. The Balaban J connectivity index is 1.93. The van der Waals surface area contributed by atoms with Gasteiger partial charge in [0.2, 0.25) is 0 Å². The van der Waals surface area contributed by atoms with Gasteiger partial charge in [-0.1, -0.05) is 30.3 Å². The number of nitriles is 2. The van der Waals surface area contributed by atoms with E-state index in [4.69, 9.17) is 9.47 Å². The first-order valence-corrected chi connectivity index (χ1v) is 10.1. The lowest BCUT2D eigenvalue weighted by molar-refractivity contribution is -0.384. The summed E-state index contributed by atoms with van der Waals surface area (Å²) in [5.41, 5.74) is 2.51. The molecule has 158 valence electrons. The van der Waals surface area contributed by atoms with Crippen LogP contribution in [-0.4, -0.2) is 12.0 Å². The van der Waals surface area contributed by atoms with Gasteiger partial charge in [-0.3, -0.25) is 10.1 Å². The lowest BCUT2D eigenvalue weighted by atomic mass is 10.0. The molecule has 0 aliphatic heterocycles. The second-order valence-corrected chi connectivity index (χ2v) is 7.42. The van der Waals surface area contributed by atoms with Crippen molar-refractivity contribution < 1.29 is 14.4 Å². The smallest absolute Gasteiger partial charge is 0.270 e. The average Bonchev–Trinajstić information content (AvgIpc) is 2.81. The molecule has 0 radical (unpaired) electrons. The molecule has 0 saturated carbocycles. The number of methoxy groups -OCH3 is 1. The highest BCUT2D eigenvalue weighted by Crippen LogP contribution is 2.38. The van der Waals surface area contributed by atoms with E-state index in [0.717, 1.165) is 5.56 Å². The maximum Gasteiger partial charge on any atom is 0.270 e. The van der Waals surface area contributed by atoms with Gasteiger partial charge in [0.25, 0.3) is 5.69 Å². The molecule has 3 rings (SSSR count). The average molecular weight is 490 g/mol. The minimum atomic E-state index is -0.505. The van der Waals surface area contributed by atoms with Gasteiger partial charge in [-0.15, -0.1) is 0 Å². The van der Waals surface area contributed by atoms with Crippen LogP contribution in [0.5, 0.6) is 11.5 Å². The number of halogens is 1. The Morgan fingerprint density at radius 2 is 1.94 bits per heavy atom. The van der Waals surface area contributed by atoms with E-state index >= 15 is 0 Å². The number of benzene rings is 3. The third kappa shape index (κ3) is 5.12. The fourth-order valence-electron chi connectivity index (χ4n) is 3.00. The van der Waals surface area contributed by atoms with Crippen LogP contribution in [-0.2, 0) is 6.61 Å². The lowest BCUT2D eigenvalue weighted by Crippen LogP contribution is -2.01. The maximum atomic E-state index is 11.0. The van der Waals surface area contributed by atoms with Crippen molar-refractivity contribution in [1.29, 1.82) is 10.5 Å². The van der Waals surface area contributed by atoms with Crippen LogP contribution in [0.25, 0.3) is 11.6 Å². The summed E-state index contributed by atoms with van der Waals surface area (Å²) in [6.45, 7) is 0.172. The topological polar surface area (TPSA) is 109 Å². The van der Waals surface area contributed by atoms with E-state index in [1.807, 2.05) is 12.1 Å². The number of rotatable bonds is 7. The Labute approximate surface area is 193 Å². The molecule has 3 aromatic rings. The molecule has 8 heteroatoms. The predicted octanol–water partition coefficient (Wildman–Crippen LogP) is 5.88. The van der Waals surface area contributed by atoms with Gasteiger partial charge in [0, 0.05) is 17.7 Å². The normalized spacial score (nSPS) is 10.7. The fourth-order valence-corrected chi connectivity index (χ4v) is 3.58. The number of allylic oxidation sites excluding steroid dienone is 1. The Hall–Kier alpha value is -4.14. The first kappa shape index (κ1) is 22.5.